The maximum absolute atomic E-state index is 14.0. The van der Waals surface area contributed by atoms with E-state index < -0.39 is 18.1 Å². The molecular formula is C59H72N10O9S. The van der Waals surface area contributed by atoms with Gasteiger partial charge >= 0.3 is 6.01 Å². The average molecular weight is 1100 g/mol. The number of likely N-dealkylation sites (tertiary alicyclic amines) is 2. The van der Waals surface area contributed by atoms with E-state index in [9.17, 15) is 24.6 Å². The van der Waals surface area contributed by atoms with Crippen LogP contribution in [0.25, 0.3) is 21.2 Å². The van der Waals surface area contributed by atoms with Gasteiger partial charge in [0.2, 0.25) is 17.7 Å². The lowest BCUT2D eigenvalue weighted by Gasteiger charge is -2.38. The quantitative estimate of drug-likeness (QED) is 0.0562. The summed E-state index contributed by atoms with van der Waals surface area (Å²) in [5.41, 5.74) is 8.04. The summed E-state index contributed by atoms with van der Waals surface area (Å²) in [5.74, 6) is 0.638. The van der Waals surface area contributed by atoms with Crippen molar-refractivity contribution in [1.29, 1.82) is 0 Å². The average Bonchev–Trinajstić information content (AvgIpc) is 4.24. The van der Waals surface area contributed by atoms with Crippen LogP contribution in [-0.2, 0) is 38.6 Å². The molecule has 418 valence electrons. The third-order valence-corrected chi connectivity index (χ3v) is 16.6. The fourth-order valence-corrected chi connectivity index (χ4v) is 12.3. The predicted octanol–water partition coefficient (Wildman–Crippen LogP) is 6.81. The van der Waals surface area contributed by atoms with Crippen molar-refractivity contribution in [3.63, 3.8) is 0 Å². The number of phenolic OH excluding ortho intramolecular Hbond substituents is 1. The molecule has 0 unspecified atom stereocenters. The highest BCUT2D eigenvalue weighted by Gasteiger charge is 2.43. The van der Waals surface area contributed by atoms with E-state index >= 15 is 0 Å². The maximum atomic E-state index is 14.0. The molecule has 6 aromatic rings. The molecule has 4 aliphatic heterocycles. The number of rotatable bonds is 19. The molecule has 0 bridgehead atoms. The van der Waals surface area contributed by atoms with Crippen molar-refractivity contribution < 1.29 is 43.3 Å². The van der Waals surface area contributed by atoms with E-state index in [0.717, 1.165) is 87.7 Å². The highest BCUT2D eigenvalue weighted by Crippen LogP contribution is 2.38. The molecule has 3 N–H and O–H groups in total. The number of amides is 3. The molecule has 79 heavy (non-hydrogen) atoms. The number of hydrogen-bond acceptors (Lipinski definition) is 17. The van der Waals surface area contributed by atoms with Crippen molar-refractivity contribution in [2.75, 3.05) is 81.9 Å². The van der Waals surface area contributed by atoms with E-state index in [2.05, 4.69) is 49.7 Å². The van der Waals surface area contributed by atoms with Crippen molar-refractivity contribution in [1.82, 2.24) is 40.1 Å². The van der Waals surface area contributed by atoms with Crippen LogP contribution in [0.4, 0.5) is 11.5 Å². The van der Waals surface area contributed by atoms with Gasteiger partial charge in [-0.3, -0.25) is 19.3 Å². The normalized spacial score (nSPS) is 18.9. The molecule has 7 heterocycles. The van der Waals surface area contributed by atoms with Gasteiger partial charge in [-0.15, -0.1) is 11.3 Å². The molecule has 4 atom stereocenters. The van der Waals surface area contributed by atoms with Crippen LogP contribution in [0, 0.1) is 19.8 Å². The third kappa shape index (κ3) is 12.7. The molecule has 3 fully saturated rings. The second kappa shape index (κ2) is 24.5. The highest BCUT2D eigenvalue weighted by atomic mass is 32.1. The fourth-order valence-electron chi connectivity index (χ4n) is 11.5. The van der Waals surface area contributed by atoms with E-state index in [1.165, 1.54) is 11.0 Å². The van der Waals surface area contributed by atoms with Crippen LogP contribution in [0.3, 0.4) is 0 Å². The van der Waals surface area contributed by atoms with E-state index in [0.29, 0.717) is 82.1 Å². The summed E-state index contributed by atoms with van der Waals surface area (Å²) in [6.07, 6.45) is 2.89. The number of carbonyl (C=O) groups excluding carboxylic acids is 3. The largest absolute Gasteiger partial charge is 0.508 e. The lowest BCUT2D eigenvalue weighted by atomic mass is 9.91. The summed E-state index contributed by atoms with van der Waals surface area (Å²) in [5, 5.41) is 30.5. The number of anilines is 2. The number of aliphatic hydroxyl groups excluding tert-OH is 1. The number of benzene rings is 3. The van der Waals surface area contributed by atoms with Gasteiger partial charge < -0.3 is 53.9 Å². The summed E-state index contributed by atoms with van der Waals surface area (Å²) in [6, 6.07) is 18.8. The van der Waals surface area contributed by atoms with Crippen LogP contribution in [0.2, 0.25) is 0 Å². The summed E-state index contributed by atoms with van der Waals surface area (Å²) >= 11 is 1.55. The van der Waals surface area contributed by atoms with Gasteiger partial charge in [-0.2, -0.15) is 9.97 Å². The van der Waals surface area contributed by atoms with Crippen LogP contribution in [0.5, 0.6) is 17.5 Å². The fraction of sp³-hybridized carbons (Fsp3) is 0.475. The molecule has 3 saturated heterocycles. The van der Waals surface area contributed by atoms with Gasteiger partial charge in [0.1, 0.15) is 47.7 Å². The minimum absolute atomic E-state index is 0.0494. The standard InChI is InChI=1S/C59H72N10O9S/c1-7-53(72)66-20-22-67(23-21-66)56-47-16-19-68(49-29-43(70)27-40-10-8-9-11-46(40)49)34-48(47)62-59(63-56)77-38(5)32-65-17-14-45(15-18-65)75-24-25-76-51-28-41(55-39(6)61-35-79-55)12-13-42(51)31-60-57(73)50-30-44(71)33-69(50)58(74)54(36(2)3)52-26-37(4)64-78-52/h7-13,26-29,35-36,38,44-45,50,54,70-71H,1,14-25,30-34H2,2-6H3,(H,60,73)/t38-,44-,50+,54-/m1/s1. The van der Waals surface area contributed by atoms with Gasteiger partial charge in [-0.25, -0.2) is 4.98 Å². The first-order valence-electron chi connectivity index (χ1n) is 27.6. The molecule has 3 amide bonds. The number of phenols is 1. The molecule has 0 spiro atoms. The Morgan fingerprint density at radius 1 is 0.949 bits per heavy atom. The summed E-state index contributed by atoms with van der Waals surface area (Å²) in [7, 11) is 0. The highest BCUT2D eigenvalue weighted by molar-refractivity contribution is 7.13. The van der Waals surface area contributed by atoms with Crippen LogP contribution >= 0.6 is 11.3 Å². The second-order valence-electron chi connectivity index (χ2n) is 21.6. The Hall–Kier alpha value is -7.13. The minimum Gasteiger partial charge on any atom is -0.508 e. The van der Waals surface area contributed by atoms with Crippen molar-refractivity contribution in [3.05, 3.63) is 113 Å². The molecule has 3 aromatic carbocycles. The molecule has 0 radical (unpaired) electrons. The van der Waals surface area contributed by atoms with Crippen LogP contribution in [-0.4, -0.2) is 159 Å². The van der Waals surface area contributed by atoms with Gasteiger partial charge in [0.15, 0.2) is 0 Å². The number of aryl methyl sites for hydroxylation is 2. The lowest BCUT2D eigenvalue weighted by molar-refractivity contribution is -0.141. The number of aromatic hydroxyl groups is 1. The van der Waals surface area contributed by atoms with Crippen LogP contribution in [0.1, 0.15) is 79.9 Å². The number of nitrogens with one attached hydrogen (secondary N) is 1. The zero-order chi connectivity index (χ0) is 55.3. The molecular weight excluding hydrogens is 1020 g/mol. The molecule has 19 nitrogen and oxygen atoms in total. The number of carbonyl (C=O) groups is 3. The number of thiazole rings is 1. The Bertz CT molecular complexity index is 3150. The van der Waals surface area contributed by atoms with Gasteiger partial charge in [0.25, 0.3) is 0 Å². The van der Waals surface area contributed by atoms with Crippen molar-refractivity contribution >= 4 is 51.3 Å². The Morgan fingerprint density at radius 3 is 2.48 bits per heavy atom. The number of aromatic nitrogens is 4. The van der Waals surface area contributed by atoms with Crippen molar-refractivity contribution in [3.8, 4) is 28.0 Å². The van der Waals surface area contributed by atoms with Gasteiger partial charge in [-0.05, 0) is 75.1 Å². The zero-order valence-electron chi connectivity index (χ0n) is 45.8. The first kappa shape index (κ1) is 55.2. The smallest absolute Gasteiger partial charge is 0.318 e. The Kier molecular flexibility index (Phi) is 17.1. The number of hydrogen-bond donors (Lipinski definition) is 3. The molecule has 20 heteroatoms. The number of β-amino-alcohol motifs (C(OH)–C–C–N with tert-alkyl or cyclic N) is 1. The van der Waals surface area contributed by atoms with Crippen molar-refractivity contribution in [2.24, 2.45) is 5.92 Å². The summed E-state index contributed by atoms with van der Waals surface area (Å²) in [6.45, 7) is 20.2. The zero-order valence-corrected chi connectivity index (χ0v) is 46.6. The lowest BCUT2D eigenvalue weighted by Crippen LogP contribution is -2.49. The molecule has 3 aromatic heterocycles. The third-order valence-electron chi connectivity index (χ3n) is 15.6. The molecule has 10 rings (SSSR count). The summed E-state index contributed by atoms with van der Waals surface area (Å²) < 4.78 is 25.0. The van der Waals surface area contributed by atoms with Gasteiger partial charge in [-0.1, -0.05) is 62.0 Å². The van der Waals surface area contributed by atoms with E-state index in [1.807, 2.05) is 73.6 Å². The van der Waals surface area contributed by atoms with E-state index in [1.54, 1.807) is 30.4 Å². The molecule has 0 aliphatic carbocycles. The first-order valence-corrected chi connectivity index (χ1v) is 28.5. The van der Waals surface area contributed by atoms with Gasteiger partial charge in [0, 0.05) is 106 Å². The maximum Gasteiger partial charge on any atom is 0.318 e. The minimum atomic E-state index is -0.856. The number of ether oxygens (including phenoxy) is 3. The number of aliphatic hydroxyl groups is 1. The monoisotopic (exact) mass is 1100 g/mol. The number of nitrogens with zero attached hydrogens (tertiary/aromatic N) is 9. The number of piperazine rings is 1. The Morgan fingerprint density at radius 2 is 1.75 bits per heavy atom. The Labute approximate surface area is 465 Å². The second-order valence-corrected chi connectivity index (χ2v) is 22.4. The predicted molar refractivity (Wildman–Crippen MR) is 301 cm³/mol. The SMILES string of the molecule is C=CC(=O)N1CCN(c2nc(O[C@H](C)CN3CCC(OCCOc4cc(-c5scnc5C)ccc4CNC(=O)[C@@H]4C[C@@H](O)CN4C(=O)[C@@H](c4cc(C)no4)C(C)C)CC3)nc3c2CCN(c2cc(O)cc4ccccc24)C3)CC1. The number of piperidine rings is 1. The summed E-state index contributed by atoms with van der Waals surface area (Å²) in [4.78, 5) is 66.2. The first-order chi connectivity index (χ1) is 38.2. The Balaban J connectivity index is 0.742. The van der Waals surface area contributed by atoms with Crippen LogP contribution in [0.15, 0.2) is 83.4 Å². The number of fused-ring (bicyclic) bond motifs is 2. The van der Waals surface area contributed by atoms with Crippen LogP contribution < -0.4 is 24.6 Å². The van der Waals surface area contributed by atoms with E-state index in [4.69, 9.17) is 28.7 Å². The van der Waals surface area contributed by atoms with Gasteiger partial charge in [0.05, 0.1) is 52.8 Å². The molecule has 0 saturated carbocycles. The van der Waals surface area contributed by atoms with E-state index in [-0.39, 0.29) is 61.1 Å². The van der Waals surface area contributed by atoms with Crippen molar-refractivity contribution in [2.45, 2.75) is 104 Å². The topological polar surface area (TPSA) is 212 Å². The molecule has 4 aliphatic rings.